The van der Waals surface area contributed by atoms with Crippen LogP contribution in [0.15, 0.2) is 90.3 Å². The van der Waals surface area contributed by atoms with E-state index in [1.165, 1.54) is 12.1 Å². The highest BCUT2D eigenvalue weighted by Crippen LogP contribution is 2.34. The highest BCUT2D eigenvalue weighted by Gasteiger charge is 2.35. The van der Waals surface area contributed by atoms with Gasteiger partial charge in [-0.1, -0.05) is 66.3 Å². The van der Waals surface area contributed by atoms with Gasteiger partial charge in [0.05, 0.1) is 5.56 Å². The lowest BCUT2D eigenvalue weighted by atomic mass is 10.0. The summed E-state index contributed by atoms with van der Waals surface area (Å²) in [5, 5.41) is 0. The van der Waals surface area contributed by atoms with Crippen molar-refractivity contribution in [1.82, 2.24) is 0 Å². The van der Waals surface area contributed by atoms with Gasteiger partial charge >= 0.3 is 6.11 Å². The molecule has 0 heterocycles. The van der Waals surface area contributed by atoms with Crippen LogP contribution in [0.3, 0.4) is 0 Å². The third-order valence-corrected chi connectivity index (χ3v) is 3.86. The van der Waals surface area contributed by atoms with E-state index < -0.39 is 6.11 Å². The van der Waals surface area contributed by atoms with Crippen molar-refractivity contribution in [2.24, 2.45) is 0 Å². The Bertz CT molecular complexity index is 788. The van der Waals surface area contributed by atoms with Gasteiger partial charge in [-0.25, -0.2) is 0 Å². The molecule has 0 aliphatic heterocycles. The van der Waals surface area contributed by atoms with Crippen molar-refractivity contribution >= 4 is 5.57 Å². The normalized spacial score (nSPS) is 16.0. The molecule has 1 aliphatic carbocycles. The summed E-state index contributed by atoms with van der Waals surface area (Å²) in [6, 6.07) is 6.20. The standard InChI is InChI=1S/C23H24F2O/c1-4-6-10-19(8-5-2)20-13-15-21(16-14-20)23(24,25)26-22-11-7-9-18(3)12-17-22/h4-10,12-17H,11H2,1-3H3/b6-4+,8-5-,19-10+. The predicted molar refractivity (Wildman–Crippen MR) is 105 cm³/mol. The van der Waals surface area contributed by atoms with Gasteiger partial charge in [-0.3, -0.25) is 0 Å². The van der Waals surface area contributed by atoms with E-state index in [4.69, 9.17) is 4.74 Å². The molecule has 0 atom stereocenters. The minimum atomic E-state index is -3.38. The van der Waals surface area contributed by atoms with Crippen molar-refractivity contribution in [1.29, 1.82) is 0 Å². The van der Waals surface area contributed by atoms with Crippen LogP contribution in [0.1, 0.15) is 38.3 Å². The van der Waals surface area contributed by atoms with E-state index in [-0.39, 0.29) is 11.3 Å². The maximum atomic E-state index is 14.5. The average Bonchev–Trinajstić information content (AvgIpc) is 2.82. The molecule has 1 aromatic carbocycles. The topological polar surface area (TPSA) is 9.23 Å². The van der Waals surface area contributed by atoms with E-state index in [1.807, 2.05) is 63.3 Å². The fraction of sp³-hybridized carbons (Fsp3) is 0.217. The van der Waals surface area contributed by atoms with Crippen LogP contribution in [0, 0.1) is 0 Å². The molecule has 0 saturated heterocycles. The summed E-state index contributed by atoms with van der Waals surface area (Å²) in [4.78, 5) is 0. The molecule has 0 spiro atoms. The molecule has 26 heavy (non-hydrogen) atoms. The molecule has 0 unspecified atom stereocenters. The van der Waals surface area contributed by atoms with E-state index >= 15 is 0 Å². The first-order chi connectivity index (χ1) is 12.5. The molecule has 136 valence electrons. The Kier molecular flexibility index (Phi) is 6.90. The zero-order valence-corrected chi connectivity index (χ0v) is 15.4. The van der Waals surface area contributed by atoms with Crippen molar-refractivity contribution < 1.29 is 13.5 Å². The Hall–Kier alpha value is -2.68. The van der Waals surface area contributed by atoms with Gasteiger partial charge in [0.2, 0.25) is 0 Å². The molecule has 0 amide bonds. The lowest BCUT2D eigenvalue weighted by Gasteiger charge is -2.20. The van der Waals surface area contributed by atoms with Crippen LogP contribution < -0.4 is 0 Å². The van der Waals surface area contributed by atoms with E-state index in [0.717, 1.165) is 16.7 Å². The second kappa shape index (κ2) is 9.14. The predicted octanol–water partition coefficient (Wildman–Crippen LogP) is 7.08. The molecule has 0 N–H and O–H groups in total. The summed E-state index contributed by atoms with van der Waals surface area (Å²) >= 11 is 0. The van der Waals surface area contributed by atoms with Crippen molar-refractivity contribution in [3.05, 3.63) is 101 Å². The molecule has 0 saturated carbocycles. The zero-order valence-electron chi connectivity index (χ0n) is 15.4. The van der Waals surface area contributed by atoms with E-state index in [1.54, 1.807) is 24.3 Å². The molecule has 1 nitrogen and oxygen atoms in total. The molecule has 0 bridgehead atoms. The van der Waals surface area contributed by atoms with Gasteiger partial charge in [0.1, 0.15) is 5.76 Å². The molecule has 0 fully saturated rings. The summed E-state index contributed by atoms with van der Waals surface area (Å²) in [7, 11) is 0. The number of hydrogen-bond donors (Lipinski definition) is 0. The van der Waals surface area contributed by atoms with Gasteiger partial charge in [-0.05, 0) is 50.1 Å². The Morgan fingerprint density at radius 2 is 1.81 bits per heavy atom. The average molecular weight is 354 g/mol. The summed E-state index contributed by atoms with van der Waals surface area (Å²) < 4.78 is 34.0. The monoisotopic (exact) mass is 354 g/mol. The van der Waals surface area contributed by atoms with Crippen molar-refractivity contribution in [2.75, 3.05) is 0 Å². The van der Waals surface area contributed by atoms with Crippen LogP contribution in [0.4, 0.5) is 8.78 Å². The van der Waals surface area contributed by atoms with Gasteiger partial charge in [0.25, 0.3) is 0 Å². The number of ether oxygens (including phenoxy) is 1. The van der Waals surface area contributed by atoms with Gasteiger partial charge in [-0.15, -0.1) is 0 Å². The molecule has 0 radical (unpaired) electrons. The van der Waals surface area contributed by atoms with Crippen molar-refractivity contribution in [2.45, 2.75) is 33.3 Å². The summed E-state index contributed by atoms with van der Waals surface area (Å²) in [5.74, 6) is 0.245. The Labute approximate surface area is 154 Å². The maximum Gasteiger partial charge on any atom is 0.426 e. The summed E-state index contributed by atoms with van der Waals surface area (Å²) in [6.07, 6.45) is 13.7. The molecular weight excluding hydrogens is 330 g/mol. The first kappa shape index (κ1) is 19.6. The Morgan fingerprint density at radius 3 is 2.46 bits per heavy atom. The fourth-order valence-corrected chi connectivity index (χ4v) is 2.49. The minimum Gasteiger partial charge on any atom is -0.433 e. The van der Waals surface area contributed by atoms with Gasteiger partial charge in [-0.2, -0.15) is 8.78 Å². The first-order valence-electron chi connectivity index (χ1n) is 8.63. The van der Waals surface area contributed by atoms with Crippen LogP contribution >= 0.6 is 0 Å². The molecule has 1 aromatic rings. The van der Waals surface area contributed by atoms with Crippen LogP contribution in [0.25, 0.3) is 5.57 Å². The number of benzene rings is 1. The van der Waals surface area contributed by atoms with E-state index in [0.29, 0.717) is 6.42 Å². The SMILES string of the molecule is C\C=C/C(=C\C=C\C)c1ccc(C(F)(F)OC2=CC=C(C)C=CC2)cc1. The second-order valence-electron chi connectivity index (χ2n) is 5.99. The molecule has 1 aliphatic rings. The zero-order chi connectivity index (χ0) is 19.0. The van der Waals surface area contributed by atoms with Crippen molar-refractivity contribution in [3.8, 4) is 0 Å². The maximum absolute atomic E-state index is 14.5. The van der Waals surface area contributed by atoms with Crippen LogP contribution in [0.5, 0.6) is 0 Å². The second-order valence-corrected chi connectivity index (χ2v) is 5.99. The largest absolute Gasteiger partial charge is 0.433 e. The fourth-order valence-electron chi connectivity index (χ4n) is 2.49. The lowest BCUT2D eigenvalue weighted by molar-refractivity contribution is -0.224. The molecule has 2 rings (SSSR count). The van der Waals surface area contributed by atoms with Gasteiger partial charge < -0.3 is 4.74 Å². The number of halogens is 2. The quantitative estimate of drug-likeness (QED) is 0.496. The Balaban J connectivity index is 2.21. The third-order valence-electron chi connectivity index (χ3n) is 3.86. The number of alkyl halides is 2. The molecular formula is C23H24F2O. The summed E-state index contributed by atoms with van der Waals surface area (Å²) in [5.41, 5.74) is 2.66. The van der Waals surface area contributed by atoms with Gasteiger partial charge in [0, 0.05) is 6.42 Å². The van der Waals surface area contributed by atoms with Crippen molar-refractivity contribution in [3.63, 3.8) is 0 Å². The highest BCUT2D eigenvalue weighted by atomic mass is 19.3. The minimum absolute atomic E-state index is 0.165. The van der Waals surface area contributed by atoms with Gasteiger partial charge in [0.15, 0.2) is 0 Å². The lowest BCUT2D eigenvalue weighted by Crippen LogP contribution is -2.17. The first-order valence-corrected chi connectivity index (χ1v) is 8.63. The van der Waals surface area contributed by atoms with Crippen LogP contribution in [-0.2, 0) is 10.8 Å². The smallest absolute Gasteiger partial charge is 0.426 e. The summed E-state index contributed by atoms with van der Waals surface area (Å²) in [6.45, 7) is 5.76. The highest BCUT2D eigenvalue weighted by molar-refractivity contribution is 5.75. The number of allylic oxidation sites excluding steroid dienone is 11. The molecule has 0 aromatic heterocycles. The van der Waals surface area contributed by atoms with Crippen LogP contribution in [-0.4, -0.2) is 0 Å². The number of rotatable bonds is 6. The van der Waals surface area contributed by atoms with E-state index in [9.17, 15) is 8.78 Å². The number of hydrogen-bond acceptors (Lipinski definition) is 1. The Morgan fingerprint density at radius 1 is 1.08 bits per heavy atom. The molecule has 3 heteroatoms. The van der Waals surface area contributed by atoms with Crippen LogP contribution in [0.2, 0.25) is 0 Å². The third kappa shape index (κ3) is 5.41. The van der Waals surface area contributed by atoms with E-state index in [2.05, 4.69) is 0 Å².